The number of anilines is 1. The summed E-state index contributed by atoms with van der Waals surface area (Å²) in [4.78, 5) is 23.2. The quantitative estimate of drug-likeness (QED) is 0.505. The normalized spacial score (nSPS) is 10.5. The Morgan fingerprint density at radius 1 is 1.30 bits per heavy atom. The molecule has 1 heterocycles. The third-order valence-corrected chi connectivity index (χ3v) is 4.19. The molecule has 4 N–H and O–H groups in total. The number of amides is 2. The molecule has 1 aromatic heterocycles. The molecule has 146 valence electrons. The van der Waals surface area contributed by atoms with Crippen LogP contribution in [-0.2, 0) is 6.61 Å². The maximum Gasteiger partial charge on any atom is 0.344 e. The SMILES string of the molecule is Cc1ccc(COc2nsc(NC(=O)NCCCO)c2C(=O)O)c(F)c1F. The highest BCUT2D eigenvalue weighted by Gasteiger charge is 2.24. The Labute approximate surface area is 157 Å². The van der Waals surface area contributed by atoms with Gasteiger partial charge in [-0.05, 0) is 30.4 Å². The van der Waals surface area contributed by atoms with Crippen LogP contribution in [0.25, 0.3) is 0 Å². The van der Waals surface area contributed by atoms with Gasteiger partial charge in [-0.15, -0.1) is 0 Å². The number of aromatic carboxylic acids is 1. The second kappa shape index (κ2) is 9.24. The molecule has 0 atom stereocenters. The zero-order valence-electron chi connectivity index (χ0n) is 14.2. The summed E-state index contributed by atoms with van der Waals surface area (Å²) in [6.45, 7) is 1.07. The van der Waals surface area contributed by atoms with Gasteiger partial charge in [-0.25, -0.2) is 18.4 Å². The number of carbonyl (C=O) groups is 2. The lowest BCUT2D eigenvalue weighted by atomic mass is 10.1. The Kier molecular flexibility index (Phi) is 7.02. The molecule has 0 radical (unpaired) electrons. The Morgan fingerprint density at radius 2 is 2.04 bits per heavy atom. The van der Waals surface area contributed by atoms with Crippen LogP contribution < -0.4 is 15.4 Å². The molecule has 0 saturated carbocycles. The minimum atomic E-state index is -1.40. The van der Waals surface area contributed by atoms with Gasteiger partial charge in [0.25, 0.3) is 0 Å². The number of carboxylic acids is 1. The van der Waals surface area contributed by atoms with Crippen molar-refractivity contribution in [1.82, 2.24) is 9.69 Å². The van der Waals surface area contributed by atoms with E-state index < -0.39 is 35.8 Å². The van der Waals surface area contributed by atoms with Crippen LogP contribution in [0.2, 0.25) is 0 Å². The fraction of sp³-hybridized carbons (Fsp3) is 0.312. The molecule has 2 aromatic rings. The first-order chi connectivity index (χ1) is 12.8. The van der Waals surface area contributed by atoms with Crippen LogP contribution in [0.4, 0.5) is 18.6 Å². The van der Waals surface area contributed by atoms with E-state index in [9.17, 15) is 23.5 Å². The number of nitrogens with zero attached hydrogens (tertiary/aromatic N) is 1. The van der Waals surface area contributed by atoms with E-state index in [1.54, 1.807) is 0 Å². The first-order valence-electron chi connectivity index (χ1n) is 7.80. The number of rotatable bonds is 8. The van der Waals surface area contributed by atoms with Gasteiger partial charge in [0, 0.05) is 18.7 Å². The van der Waals surface area contributed by atoms with Crippen molar-refractivity contribution in [2.75, 3.05) is 18.5 Å². The summed E-state index contributed by atoms with van der Waals surface area (Å²) in [5, 5.41) is 22.7. The molecule has 0 aliphatic heterocycles. The number of hydrogen-bond donors (Lipinski definition) is 4. The lowest BCUT2D eigenvalue weighted by Gasteiger charge is -2.08. The summed E-state index contributed by atoms with van der Waals surface area (Å²) in [5.74, 6) is -3.81. The van der Waals surface area contributed by atoms with Crippen LogP contribution in [0.3, 0.4) is 0 Å². The largest absolute Gasteiger partial charge is 0.477 e. The molecule has 2 rings (SSSR count). The van der Waals surface area contributed by atoms with Gasteiger partial charge in [0.15, 0.2) is 17.2 Å². The number of carboxylic acid groups (broad SMARTS) is 1. The summed E-state index contributed by atoms with van der Waals surface area (Å²) >= 11 is 0.672. The second-order valence-electron chi connectivity index (χ2n) is 5.41. The fourth-order valence-electron chi connectivity index (χ4n) is 2.02. The monoisotopic (exact) mass is 401 g/mol. The highest BCUT2D eigenvalue weighted by Crippen LogP contribution is 2.31. The van der Waals surface area contributed by atoms with Gasteiger partial charge in [-0.2, -0.15) is 4.37 Å². The molecule has 27 heavy (non-hydrogen) atoms. The number of urea groups is 1. The minimum absolute atomic E-state index is 0.0745. The molecular weight excluding hydrogens is 384 g/mol. The number of halogens is 2. The Bertz CT molecular complexity index is 844. The zero-order chi connectivity index (χ0) is 20.0. The van der Waals surface area contributed by atoms with E-state index in [-0.39, 0.29) is 35.2 Å². The van der Waals surface area contributed by atoms with Gasteiger partial charge in [0.1, 0.15) is 11.6 Å². The molecule has 1 aromatic carbocycles. The molecule has 0 saturated heterocycles. The van der Waals surface area contributed by atoms with Gasteiger partial charge in [-0.1, -0.05) is 12.1 Å². The van der Waals surface area contributed by atoms with Crippen LogP contribution in [0.1, 0.15) is 27.9 Å². The second-order valence-corrected chi connectivity index (χ2v) is 6.19. The van der Waals surface area contributed by atoms with Crippen molar-refractivity contribution in [2.45, 2.75) is 20.0 Å². The maximum atomic E-state index is 13.9. The van der Waals surface area contributed by atoms with E-state index >= 15 is 0 Å². The van der Waals surface area contributed by atoms with Gasteiger partial charge < -0.3 is 20.3 Å². The zero-order valence-corrected chi connectivity index (χ0v) is 15.0. The maximum absolute atomic E-state index is 13.9. The Balaban J connectivity index is 2.12. The smallest absolute Gasteiger partial charge is 0.344 e. The van der Waals surface area contributed by atoms with Gasteiger partial charge in [0.2, 0.25) is 5.88 Å². The molecule has 0 bridgehead atoms. The first kappa shape index (κ1) is 20.5. The molecule has 0 fully saturated rings. The molecule has 8 nitrogen and oxygen atoms in total. The molecule has 11 heteroatoms. The standard InChI is InChI=1S/C16H17F2N3O5S/c1-8-3-4-9(12(18)11(8)17)7-26-13-10(15(23)24)14(27-21-13)20-16(25)19-5-2-6-22/h3-4,22H,2,5-7H2,1H3,(H,23,24)(H2,19,20,25). The summed E-state index contributed by atoms with van der Waals surface area (Å²) < 4.78 is 36.5. The van der Waals surface area contributed by atoms with Gasteiger partial charge >= 0.3 is 12.0 Å². The number of ether oxygens (including phenoxy) is 1. The highest BCUT2D eigenvalue weighted by atomic mass is 32.1. The number of benzene rings is 1. The fourth-order valence-corrected chi connectivity index (χ4v) is 2.74. The number of aryl methyl sites for hydroxylation is 1. The highest BCUT2D eigenvalue weighted by molar-refractivity contribution is 7.11. The van der Waals surface area contributed by atoms with Crippen molar-refractivity contribution < 1.29 is 33.3 Å². The van der Waals surface area contributed by atoms with Crippen LogP contribution in [0, 0.1) is 18.6 Å². The summed E-state index contributed by atoms with van der Waals surface area (Å²) in [5.41, 5.74) is -0.362. The molecule has 0 aliphatic rings. The molecular formula is C16H17F2N3O5S. The van der Waals surface area contributed by atoms with Crippen LogP contribution in [0.15, 0.2) is 12.1 Å². The van der Waals surface area contributed by atoms with E-state index in [1.165, 1.54) is 19.1 Å². The topological polar surface area (TPSA) is 121 Å². The summed E-state index contributed by atoms with van der Waals surface area (Å²) in [7, 11) is 0. The van der Waals surface area contributed by atoms with Crippen molar-refractivity contribution in [3.05, 3.63) is 40.5 Å². The number of aliphatic hydroxyl groups is 1. The number of nitrogens with one attached hydrogen (secondary N) is 2. The van der Waals surface area contributed by atoms with E-state index in [0.717, 1.165) is 0 Å². The molecule has 0 spiro atoms. The van der Waals surface area contributed by atoms with Crippen molar-refractivity contribution in [3.8, 4) is 5.88 Å². The predicted molar refractivity (Wildman–Crippen MR) is 93.2 cm³/mol. The molecule has 0 unspecified atom stereocenters. The van der Waals surface area contributed by atoms with E-state index in [0.29, 0.717) is 18.0 Å². The van der Waals surface area contributed by atoms with Crippen molar-refractivity contribution >= 4 is 28.5 Å². The van der Waals surface area contributed by atoms with Crippen LogP contribution >= 0.6 is 11.5 Å². The van der Waals surface area contributed by atoms with E-state index in [4.69, 9.17) is 9.84 Å². The summed E-state index contributed by atoms with van der Waals surface area (Å²) in [6, 6.07) is 2.03. The Morgan fingerprint density at radius 3 is 2.70 bits per heavy atom. The van der Waals surface area contributed by atoms with E-state index in [2.05, 4.69) is 15.0 Å². The average molecular weight is 401 g/mol. The lowest BCUT2D eigenvalue weighted by molar-refractivity contribution is 0.0693. The third kappa shape index (κ3) is 5.11. The number of aliphatic hydroxyl groups excluding tert-OH is 1. The molecule has 2 amide bonds. The number of aromatic nitrogens is 1. The number of carbonyl (C=O) groups excluding carboxylic acids is 1. The lowest BCUT2D eigenvalue weighted by Crippen LogP contribution is -2.30. The third-order valence-electron chi connectivity index (χ3n) is 3.44. The van der Waals surface area contributed by atoms with Gasteiger partial charge in [-0.3, -0.25) is 5.32 Å². The van der Waals surface area contributed by atoms with E-state index in [1.807, 2.05) is 0 Å². The molecule has 0 aliphatic carbocycles. The first-order valence-corrected chi connectivity index (χ1v) is 8.57. The minimum Gasteiger partial charge on any atom is -0.477 e. The summed E-state index contributed by atoms with van der Waals surface area (Å²) in [6.07, 6.45) is 0.342. The average Bonchev–Trinajstić information content (AvgIpc) is 3.02. The van der Waals surface area contributed by atoms with Crippen molar-refractivity contribution in [3.63, 3.8) is 0 Å². The van der Waals surface area contributed by atoms with Crippen LogP contribution in [0.5, 0.6) is 5.88 Å². The number of hydrogen-bond acceptors (Lipinski definition) is 6. The van der Waals surface area contributed by atoms with Crippen LogP contribution in [-0.4, -0.2) is 39.7 Å². The Hall–Kier alpha value is -2.79. The van der Waals surface area contributed by atoms with Gasteiger partial charge in [0.05, 0.1) is 0 Å². The van der Waals surface area contributed by atoms with Crippen molar-refractivity contribution in [1.29, 1.82) is 0 Å². The van der Waals surface area contributed by atoms with Crippen molar-refractivity contribution in [2.24, 2.45) is 0 Å². The predicted octanol–water partition coefficient (Wildman–Crippen LogP) is 2.51.